The molecule has 2 aliphatic rings. The van der Waals surface area contributed by atoms with Gasteiger partial charge < -0.3 is 19.4 Å². The molecule has 24 heavy (non-hydrogen) atoms. The summed E-state index contributed by atoms with van der Waals surface area (Å²) in [6.45, 7) is 0.741. The van der Waals surface area contributed by atoms with E-state index in [9.17, 15) is 4.79 Å². The summed E-state index contributed by atoms with van der Waals surface area (Å²) in [7, 11) is 3.38. The van der Waals surface area contributed by atoms with Crippen molar-refractivity contribution in [2.24, 2.45) is 5.41 Å². The van der Waals surface area contributed by atoms with E-state index in [-0.39, 0.29) is 17.4 Å². The van der Waals surface area contributed by atoms with Crippen molar-refractivity contribution in [3.8, 4) is 0 Å². The van der Waals surface area contributed by atoms with Gasteiger partial charge in [0.05, 0.1) is 11.6 Å². The topological polar surface area (TPSA) is 54.6 Å². The Hall–Kier alpha value is -2.11. The Morgan fingerprint density at radius 2 is 1.88 bits per heavy atom. The monoisotopic (exact) mass is 326 g/mol. The third-order valence-corrected chi connectivity index (χ3v) is 5.58. The van der Waals surface area contributed by atoms with E-state index in [1.165, 1.54) is 5.56 Å². The van der Waals surface area contributed by atoms with Crippen LogP contribution in [0.3, 0.4) is 0 Å². The maximum Gasteiger partial charge on any atom is 0.255 e. The van der Waals surface area contributed by atoms with Crippen LogP contribution < -0.4 is 0 Å². The van der Waals surface area contributed by atoms with Gasteiger partial charge in [-0.25, -0.2) is 0 Å². The summed E-state index contributed by atoms with van der Waals surface area (Å²) in [6.07, 6.45) is 5.16. The van der Waals surface area contributed by atoms with Crippen LogP contribution in [-0.2, 0) is 9.47 Å². The van der Waals surface area contributed by atoms with Crippen molar-refractivity contribution in [1.29, 1.82) is 0 Å². The summed E-state index contributed by atoms with van der Waals surface area (Å²) in [5, 5.41) is 0. The minimum Gasteiger partial charge on any atom is -0.367 e. The number of aromatic amines is 1. The zero-order valence-electron chi connectivity index (χ0n) is 14.0. The molecule has 2 heterocycles. The highest BCUT2D eigenvalue weighted by Crippen LogP contribution is 2.65. The van der Waals surface area contributed by atoms with E-state index in [4.69, 9.17) is 9.47 Å². The number of amides is 1. The number of H-pyrrole nitrogens is 1. The van der Waals surface area contributed by atoms with E-state index in [1.807, 2.05) is 29.2 Å². The Balaban J connectivity index is 1.63. The minimum absolute atomic E-state index is 0.0410. The van der Waals surface area contributed by atoms with E-state index < -0.39 is 5.79 Å². The summed E-state index contributed by atoms with van der Waals surface area (Å²) >= 11 is 0. The Kier molecular flexibility index (Phi) is 3.51. The second kappa shape index (κ2) is 5.46. The molecule has 1 aliphatic carbocycles. The zero-order valence-corrected chi connectivity index (χ0v) is 14.0. The molecule has 1 saturated heterocycles. The second-order valence-electron chi connectivity index (χ2n) is 6.88. The number of carbonyl (C=O) groups is 1. The average molecular weight is 326 g/mol. The number of nitrogens with one attached hydrogen (secondary N) is 1. The van der Waals surface area contributed by atoms with E-state index in [1.54, 1.807) is 26.6 Å². The lowest BCUT2D eigenvalue weighted by Crippen LogP contribution is -2.71. The number of aromatic nitrogens is 1. The van der Waals surface area contributed by atoms with Crippen LogP contribution in [0.15, 0.2) is 48.8 Å². The first-order valence-corrected chi connectivity index (χ1v) is 8.22. The number of methoxy groups -OCH3 is 2. The molecular weight excluding hydrogens is 304 g/mol. The standard InChI is InChI=1S/C19H22N2O3/c1-23-19(24-2)11-18(12-19)13-21(17(22)15-8-9-20-10-15)16(18)14-6-4-3-5-7-14/h3-10,16,20H,11-13H2,1-2H3. The maximum atomic E-state index is 12.8. The minimum atomic E-state index is -0.504. The molecule has 1 aromatic carbocycles. The summed E-state index contributed by atoms with van der Waals surface area (Å²) in [5.74, 6) is -0.431. The molecule has 1 atom stereocenters. The van der Waals surface area contributed by atoms with Gasteiger partial charge in [-0.2, -0.15) is 0 Å². The van der Waals surface area contributed by atoms with Crippen molar-refractivity contribution in [3.63, 3.8) is 0 Å². The van der Waals surface area contributed by atoms with Crippen molar-refractivity contribution in [2.45, 2.75) is 24.7 Å². The molecule has 2 aromatic rings. The van der Waals surface area contributed by atoms with Crippen LogP contribution in [0.5, 0.6) is 0 Å². The fourth-order valence-corrected chi connectivity index (χ4v) is 4.41. The highest BCUT2D eigenvalue weighted by Gasteiger charge is 2.67. The smallest absolute Gasteiger partial charge is 0.255 e. The van der Waals surface area contributed by atoms with Gasteiger partial charge in [0, 0.05) is 51.4 Å². The van der Waals surface area contributed by atoms with Crippen LogP contribution >= 0.6 is 0 Å². The zero-order chi connectivity index (χ0) is 16.8. The van der Waals surface area contributed by atoms with Crippen LogP contribution in [0, 0.1) is 5.41 Å². The summed E-state index contributed by atoms with van der Waals surface area (Å²) in [6, 6.07) is 12.1. The molecule has 126 valence electrons. The van der Waals surface area contributed by atoms with Crippen molar-refractivity contribution in [3.05, 3.63) is 59.9 Å². The first kappa shape index (κ1) is 15.4. The Morgan fingerprint density at radius 3 is 2.46 bits per heavy atom. The van der Waals surface area contributed by atoms with Gasteiger partial charge in [0.2, 0.25) is 0 Å². The van der Waals surface area contributed by atoms with E-state index in [0.29, 0.717) is 5.56 Å². The van der Waals surface area contributed by atoms with Gasteiger partial charge in [0.1, 0.15) is 0 Å². The van der Waals surface area contributed by atoms with Crippen molar-refractivity contribution < 1.29 is 14.3 Å². The number of hydrogen-bond acceptors (Lipinski definition) is 3. The molecule has 1 amide bonds. The quantitative estimate of drug-likeness (QED) is 0.879. The maximum absolute atomic E-state index is 12.8. The number of nitrogens with zero attached hydrogens (tertiary/aromatic N) is 1. The number of rotatable bonds is 4. The van der Waals surface area contributed by atoms with Gasteiger partial charge in [-0.15, -0.1) is 0 Å². The molecule has 0 bridgehead atoms. The Labute approximate surface area is 141 Å². The molecule has 5 heteroatoms. The van der Waals surface area contributed by atoms with E-state index >= 15 is 0 Å². The van der Waals surface area contributed by atoms with Crippen LogP contribution in [0.25, 0.3) is 0 Å². The van der Waals surface area contributed by atoms with Gasteiger partial charge in [-0.3, -0.25) is 4.79 Å². The fraction of sp³-hybridized carbons (Fsp3) is 0.421. The lowest BCUT2D eigenvalue weighted by molar-refractivity contribution is -0.330. The number of likely N-dealkylation sites (tertiary alicyclic amines) is 1. The third kappa shape index (κ3) is 2.12. The Bertz CT molecular complexity index is 714. The molecule has 1 aromatic heterocycles. The molecule has 1 spiro atoms. The molecule has 4 rings (SSSR count). The normalized spacial score (nSPS) is 23.6. The predicted molar refractivity (Wildman–Crippen MR) is 89.4 cm³/mol. The van der Waals surface area contributed by atoms with Crippen molar-refractivity contribution >= 4 is 5.91 Å². The van der Waals surface area contributed by atoms with E-state index in [0.717, 1.165) is 19.4 Å². The highest BCUT2D eigenvalue weighted by molar-refractivity contribution is 5.95. The number of ether oxygens (including phenoxy) is 2. The summed E-state index contributed by atoms with van der Waals surface area (Å²) in [4.78, 5) is 17.8. The van der Waals surface area contributed by atoms with Gasteiger partial charge >= 0.3 is 0 Å². The number of carbonyl (C=O) groups excluding carboxylic acids is 1. The van der Waals surface area contributed by atoms with Crippen LogP contribution in [-0.4, -0.2) is 42.3 Å². The van der Waals surface area contributed by atoms with Crippen molar-refractivity contribution in [2.75, 3.05) is 20.8 Å². The van der Waals surface area contributed by atoms with Gasteiger partial charge in [0.25, 0.3) is 5.91 Å². The van der Waals surface area contributed by atoms with E-state index in [2.05, 4.69) is 17.1 Å². The molecule has 1 saturated carbocycles. The fourth-order valence-electron chi connectivity index (χ4n) is 4.41. The summed E-state index contributed by atoms with van der Waals surface area (Å²) < 4.78 is 11.2. The van der Waals surface area contributed by atoms with Gasteiger partial charge in [-0.1, -0.05) is 30.3 Å². The molecule has 0 radical (unpaired) electrons. The highest BCUT2D eigenvalue weighted by atomic mass is 16.7. The largest absolute Gasteiger partial charge is 0.367 e. The predicted octanol–water partition coefficient (Wildman–Crippen LogP) is 2.98. The third-order valence-electron chi connectivity index (χ3n) is 5.58. The first-order valence-electron chi connectivity index (χ1n) is 8.22. The first-order chi connectivity index (χ1) is 11.6. The number of hydrogen-bond donors (Lipinski definition) is 1. The summed E-state index contributed by atoms with van der Waals surface area (Å²) in [5.41, 5.74) is 1.92. The SMILES string of the molecule is COC1(OC)CC2(CN(C(=O)c3cc[nH]c3)C2c2ccccc2)C1. The van der Waals surface area contributed by atoms with Gasteiger partial charge in [0.15, 0.2) is 5.79 Å². The lowest BCUT2D eigenvalue weighted by atomic mass is 9.53. The molecule has 1 unspecified atom stereocenters. The molecule has 2 fully saturated rings. The van der Waals surface area contributed by atoms with Crippen LogP contribution in [0.1, 0.15) is 34.8 Å². The molecular formula is C19H22N2O3. The van der Waals surface area contributed by atoms with Crippen LogP contribution in [0.2, 0.25) is 0 Å². The van der Waals surface area contributed by atoms with Crippen LogP contribution in [0.4, 0.5) is 0 Å². The van der Waals surface area contributed by atoms with Crippen molar-refractivity contribution in [1.82, 2.24) is 9.88 Å². The lowest BCUT2D eigenvalue weighted by Gasteiger charge is -2.67. The average Bonchev–Trinajstić information content (AvgIpc) is 3.09. The molecule has 1 aliphatic heterocycles. The molecule has 1 N–H and O–H groups in total. The number of benzene rings is 1. The second-order valence-corrected chi connectivity index (χ2v) is 6.88. The van der Waals surface area contributed by atoms with Gasteiger partial charge in [-0.05, 0) is 11.6 Å². The molecule has 5 nitrogen and oxygen atoms in total. The Morgan fingerprint density at radius 1 is 1.17 bits per heavy atom.